The van der Waals surface area contributed by atoms with E-state index in [2.05, 4.69) is 4.90 Å². The molecule has 8 heteroatoms. The first kappa shape index (κ1) is 18.1. The van der Waals surface area contributed by atoms with E-state index < -0.39 is 10.0 Å². The average molecular weight is 390 g/mol. The van der Waals surface area contributed by atoms with Gasteiger partial charge in [-0.1, -0.05) is 30.3 Å². The highest BCUT2D eigenvalue weighted by Crippen LogP contribution is 2.38. The minimum Gasteiger partial charge on any atom is -0.507 e. The van der Waals surface area contributed by atoms with Gasteiger partial charge in [0.15, 0.2) is 11.5 Å². The molecular formula is C19H22N2O5S. The second-order valence-corrected chi connectivity index (χ2v) is 8.72. The molecule has 0 unspecified atom stereocenters. The third-order valence-corrected chi connectivity index (χ3v) is 6.73. The summed E-state index contributed by atoms with van der Waals surface area (Å²) in [5.74, 6) is 1.37. The number of aromatic hydroxyl groups is 1. The lowest BCUT2D eigenvalue weighted by atomic mass is 10.1. The number of fused-ring (bicyclic) bond motifs is 1. The highest BCUT2D eigenvalue weighted by Gasteiger charge is 2.28. The van der Waals surface area contributed by atoms with Gasteiger partial charge in [-0.25, -0.2) is 8.42 Å². The Kier molecular flexibility index (Phi) is 4.94. The van der Waals surface area contributed by atoms with E-state index in [9.17, 15) is 13.5 Å². The van der Waals surface area contributed by atoms with Gasteiger partial charge < -0.3 is 14.6 Å². The van der Waals surface area contributed by atoms with E-state index >= 15 is 0 Å². The van der Waals surface area contributed by atoms with Crippen molar-refractivity contribution in [2.45, 2.75) is 12.3 Å². The van der Waals surface area contributed by atoms with Crippen LogP contribution >= 0.6 is 0 Å². The Bertz CT molecular complexity index is 909. The van der Waals surface area contributed by atoms with Gasteiger partial charge in [0.2, 0.25) is 16.8 Å². The van der Waals surface area contributed by atoms with E-state index in [1.807, 2.05) is 30.3 Å². The van der Waals surface area contributed by atoms with Crippen LogP contribution in [0.15, 0.2) is 42.5 Å². The van der Waals surface area contributed by atoms with Crippen molar-refractivity contribution in [3.63, 3.8) is 0 Å². The zero-order valence-corrected chi connectivity index (χ0v) is 15.7. The summed E-state index contributed by atoms with van der Waals surface area (Å²) < 4.78 is 37.4. The smallest absolute Gasteiger partial charge is 0.231 e. The zero-order chi connectivity index (χ0) is 18.9. The first-order chi connectivity index (χ1) is 13.0. The molecule has 144 valence electrons. The van der Waals surface area contributed by atoms with E-state index in [0.717, 1.165) is 11.1 Å². The third-order valence-electron chi connectivity index (χ3n) is 4.88. The predicted octanol–water partition coefficient (Wildman–Crippen LogP) is 1.77. The Hall–Kier alpha value is -2.29. The van der Waals surface area contributed by atoms with Gasteiger partial charge in [0, 0.05) is 44.4 Å². The summed E-state index contributed by atoms with van der Waals surface area (Å²) in [6.07, 6.45) is 0. The van der Waals surface area contributed by atoms with E-state index in [-0.39, 0.29) is 18.3 Å². The van der Waals surface area contributed by atoms with Crippen LogP contribution in [-0.4, -0.2) is 55.7 Å². The normalized spacial score (nSPS) is 17.9. The highest BCUT2D eigenvalue weighted by atomic mass is 32.2. The van der Waals surface area contributed by atoms with Crippen molar-refractivity contribution in [2.24, 2.45) is 0 Å². The van der Waals surface area contributed by atoms with Crippen LogP contribution in [-0.2, 0) is 22.3 Å². The van der Waals surface area contributed by atoms with E-state index in [1.165, 1.54) is 0 Å². The second-order valence-electron chi connectivity index (χ2n) is 6.75. The van der Waals surface area contributed by atoms with Crippen LogP contribution in [0.25, 0.3) is 0 Å². The number of sulfonamides is 1. The molecule has 0 spiro atoms. The fourth-order valence-corrected chi connectivity index (χ4v) is 4.90. The second kappa shape index (κ2) is 7.38. The molecule has 2 heterocycles. The third kappa shape index (κ3) is 4.02. The first-order valence-electron chi connectivity index (χ1n) is 8.87. The monoisotopic (exact) mass is 390 g/mol. The Morgan fingerprint density at radius 1 is 0.963 bits per heavy atom. The summed E-state index contributed by atoms with van der Waals surface area (Å²) in [5.41, 5.74) is 1.55. The molecule has 2 aliphatic heterocycles. The number of piperazine rings is 1. The molecule has 0 aromatic heterocycles. The molecule has 2 aromatic rings. The fourth-order valence-electron chi connectivity index (χ4n) is 3.38. The van der Waals surface area contributed by atoms with Gasteiger partial charge in [0.25, 0.3) is 0 Å². The standard InChI is InChI=1S/C19H22N2O5S/c22-17-11-19-18(25-14-26-19)10-16(17)12-20-6-8-21(9-7-20)27(23,24)13-15-4-2-1-3-5-15/h1-5,10-11,22H,6-9,12-14H2. The lowest BCUT2D eigenvalue weighted by Crippen LogP contribution is -2.48. The summed E-state index contributed by atoms with van der Waals surface area (Å²) in [6.45, 7) is 2.82. The number of phenols is 1. The van der Waals surface area contributed by atoms with E-state index in [0.29, 0.717) is 44.2 Å². The molecule has 7 nitrogen and oxygen atoms in total. The molecule has 27 heavy (non-hydrogen) atoms. The number of rotatable bonds is 5. The molecular weight excluding hydrogens is 368 g/mol. The summed E-state index contributed by atoms with van der Waals surface area (Å²) >= 11 is 0. The minimum absolute atomic E-state index is 0.0246. The molecule has 0 amide bonds. The molecule has 1 saturated heterocycles. The molecule has 0 radical (unpaired) electrons. The maximum absolute atomic E-state index is 12.6. The van der Waals surface area contributed by atoms with E-state index in [1.54, 1.807) is 16.4 Å². The number of benzene rings is 2. The number of hydrogen-bond donors (Lipinski definition) is 1. The van der Waals surface area contributed by atoms with Crippen LogP contribution in [0.4, 0.5) is 0 Å². The summed E-state index contributed by atoms with van der Waals surface area (Å²) in [5, 5.41) is 10.2. The predicted molar refractivity (Wildman–Crippen MR) is 100 cm³/mol. The van der Waals surface area contributed by atoms with Crippen LogP contribution < -0.4 is 9.47 Å². The molecule has 0 bridgehead atoms. The maximum atomic E-state index is 12.6. The number of ether oxygens (including phenoxy) is 2. The Morgan fingerprint density at radius 3 is 2.33 bits per heavy atom. The molecule has 1 N–H and O–H groups in total. The SMILES string of the molecule is O=S(=O)(Cc1ccccc1)N1CCN(Cc2cc3c(cc2O)OCO3)CC1. The van der Waals surface area contributed by atoms with Crippen LogP contribution in [0.5, 0.6) is 17.2 Å². The lowest BCUT2D eigenvalue weighted by molar-refractivity contribution is 0.173. The van der Waals surface area contributed by atoms with Gasteiger partial charge in [-0.15, -0.1) is 0 Å². The van der Waals surface area contributed by atoms with Gasteiger partial charge in [0.05, 0.1) is 5.75 Å². The van der Waals surface area contributed by atoms with Crippen LogP contribution in [0.1, 0.15) is 11.1 Å². The number of nitrogens with zero attached hydrogens (tertiary/aromatic N) is 2. The summed E-state index contributed by atoms with van der Waals surface area (Å²) in [6, 6.07) is 12.6. The Balaban J connectivity index is 1.36. The molecule has 2 aromatic carbocycles. The van der Waals surface area contributed by atoms with Crippen molar-refractivity contribution < 1.29 is 23.0 Å². The van der Waals surface area contributed by atoms with Crippen molar-refractivity contribution >= 4 is 10.0 Å². The van der Waals surface area contributed by atoms with Gasteiger partial charge in [0.1, 0.15) is 5.75 Å². The van der Waals surface area contributed by atoms with Crippen molar-refractivity contribution in [2.75, 3.05) is 33.0 Å². The number of phenolic OH excluding ortho intramolecular Hbond substituents is 1. The molecule has 2 aliphatic rings. The van der Waals surface area contributed by atoms with Crippen molar-refractivity contribution in [1.29, 1.82) is 0 Å². The average Bonchev–Trinajstić information content (AvgIpc) is 3.10. The fraction of sp³-hybridized carbons (Fsp3) is 0.368. The molecule has 1 fully saturated rings. The van der Waals surface area contributed by atoms with Crippen LogP contribution in [0.3, 0.4) is 0 Å². The Labute approximate surface area is 158 Å². The minimum atomic E-state index is -3.33. The van der Waals surface area contributed by atoms with E-state index in [4.69, 9.17) is 9.47 Å². The Morgan fingerprint density at radius 2 is 1.63 bits per heavy atom. The van der Waals surface area contributed by atoms with Crippen LogP contribution in [0, 0.1) is 0 Å². The van der Waals surface area contributed by atoms with Crippen molar-refractivity contribution in [3.8, 4) is 17.2 Å². The van der Waals surface area contributed by atoms with Gasteiger partial charge in [-0.2, -0.15) is 4.31 Å². The van der Waals surface area contributed by atoms with Gasteiger partial charge >= 0.3 is 0 Å². The van der Waals surface area contributed by atoms with Crippen molar-refractivity contribution in [1.82, 2.24) is 9.21 Å². The van der Waals surface area contributed by atoms with Gasteiger partial charge in [-0.3, -0.25) is 4.90 Å². The van der Waals surface area contributed by atoms with Crippen molar-refractivity contribution in [3.05, 3.63) is 53.6 Å². The summed E-state index contributed by atoms with van der Waals surface area (Å²) in [4.78, 5) is 2.13. The maximum Gasteiger partial charge on any atom is 0.231 e. The van der Waals surface area contributed by atoms with Gasteiger partial charge in [-0.05, 0) is 11.6 Å². The zero-order valence-electron chi connectivity index (χ0n) is 14.9. The molecule has 4 rings (SSSR count). The topological polar surface area (TPSA) is 79.3 Å². The molecule has 0 atom stereocenters. The molecule has 0 saturated carbocycles. The largest absolute Gasteiger partial charge is 0.507 e. The quantitative estimate of drug-likeness (QED) is 0.838. The molecule has 0 aliphatic carbocycles. The summed E-state index contributed by atoms with van der Waals surface area (Å²) in [7, 11) is -3.33. The highest BCUT2D eigenvalue weighted by molar-refractivity contribution is 7.88. The lowest BCUT2D eigenvalue weighted by Gasteiger charge is -2.34. The number of hydrogen-bond acceptors (Lipinski definition) is 6. The van der Waals surface area contributed by atoms with Crippen LogP contribution in [0.2, 0.25) is 0 Å². The first-order valence-corrected chi connectivity index (χ1v) is 10.5.